The van der Waals surface area contributed by atoms with Gasteiger partial charge in [-0.25, -0.2) is 0 Å². The molecule has 2 aromatic rings. The lowest BCUT2D eigenvalue weighted by Crippen LogP contribution is -2.35. The Morgan fingerprint density at radius 2 is 1.83 bits per heavy atom. The van der Waals surface area contributed by atoms with Crippen molar-refractivity contribution in [3.05, 3.63) is 36.2 Å². The number of aliphatic hydroxyl groups is 2. The minimum absolute atomic E-state index is 0.143. The fraction of sp³-hybridized carbons (Fsp3) is 0.333. The van der Waals surface area contributed by atoms with Crippen molar-refractivity contribution in [1.29, 1.82) is 0 Å². The third-order valence-corrected chi connectivity index (χ3v) is 2.47. The van der Waals surface area contributed by atoms with Crippen LogP contribution in [0.3, 0.4) is 0 Å². The van der Waals surface area contributed by atoms with E-state index in [0.29, 0.717) is 18.3 Å². The molecule has 1 heterocycles. The SMILES string of the molecule is OCC(CO)NCc1nnc(-c2ccccc2)o1. The fourth-order valence-electron chi connectivity index (χ4n) is 1.44. The number of nitrogens with zero attached hydrogens (tertiary/aromatic N) is 2. The molecule has 0 spiro atoms. The summed E-state index contributed by atoms with van der Waals surface area (Å²) in [5.74, 6) is 0.873. The molecule has 18 heavy (non-hydrogen) atoms. The third kappa shape index (κ3) is 3.13. The first-order valence-corrected chi connectivity index (χ1v) is 5.66. The van der Waals surface area contributed by atoms with E-state index in [1.165, 1.54) is 0 Å². The molecule has 3 N–H and O–H groups in total. The van der Waals surface area contributed by atoms with Crippen molar-refractivity contribution in [2.24, 2.45) is 0 Å². The molecule has 0 aliphatic carbocycles. The predicted molar refractivity (Wildman–Crippen MR) is 64.5 cm³/mol. The lowest BCUT2D eigenvalue weighted by atomic mass is 10.2. The first-order chi connectivity index (χ1) is 8.83. The lowest BCUT2D eigenvalue weighted by molar-refractivity contribution is 0.168. The highest BCUT2D eigenvalue weighted by atomic mass is 16.4. The predicted octanol–water partition coefficient (Wildman–Crippen LogP) is 0.179. The van der Waals surface area contributed by atoms with Gasteiger partial charge in [0.25, 0.3) is 0 Å². The molecule has 0 amide bonds. The van der Waals surface area contributed by atoms with Crippen LogP contribution in [0.2, 0.25) is 0 Å². The van der Waals surface area contributed by atoms with Crippen molar-refractivity contribution in [2.45, 2.75) is 12.6 Å². The Balaban J connectivity index is 1.98. The van der Waals surface area contributed by atoms with Gasteiger partial charge in [-0.3, -0.25) is 0 Å². The number of aromatic nitrogens is 2. The Bertz CT molecular complexity index is 468. The highest BCUT2D eigenvalue weighted by molar-refractivity contribution is 5.51. The van der Waals surface area contributed by atoms with Gasteiger partial charge in [0, 0.05) is 5.56 Å². The van der Waals surface area contributed by atoms with E-state index in [4.69, 9.17) is 14.6 Å². The van der Waals surface area contributed by atoms with Crippen LogP contribution < -0.4 is 5.32 Å². The molecule has 6 heteroatoms. The van der Waals surface area contributed by atoms with E-state index >= 15 is 0 Å². The average Bonchev–Trinajstić information content (AvgIpc) is 2.90. The van der Waals surface area contributed by atoms with Crippen molar-refractivity contribution >= 4 is 0 Å². The molecule has 0 unspecified atom stereocenters. The number of hydrogen-bond donors (Lipinski definition) is 3. The van der Waals surface area contributed by atoms with Crippen LogP contribution in [0.5, 0.6) is 0 Å². The van der Waals surface area contributed by atoms with Crippen molar-refractivity contribution in [3.63, 3.8) is 0 Å². The van der Waals surface area contributed by atoms with E-state index in [2.05, 4.69) is 15.5 Å². The van der Waals surface area contributed by atoms with E-state index < -0.39 is 0 Å². The van der Waals surface area contributed by atoms with Crippen LogP contribution in [0, 0.1) is 0 Å². The number of hydrogen-bond acceptors (Lipinski definition) is 6. The normalized spacial score (nSPS) is 11.1. The first-order valence-electron chi connectivity index (χ1n) is 5.66. The van der Waals surface area contributed by atoms with Crippen LogP contribution in [-0.4, -0.2) is 39.7 Å². The molecule has 96 valence electrons. The Kier molecular flexibility index (Phi) is 4.40. The summed E-state index contributed by atoms with van der Waals surface area (Å²) < 4.78 is 5.46. The first kappa shape index (κ1) is 12.7. The van der Waals surface area contributed by atoms with Gasteiger partial charge in [-0.05, 0) is 12.1 Å². The van der Waals surface area contributed by atoms with Crippen LogP contribution in [-0.2, 0) is 6.54 Å². The van der Waals surface area contributed by atoms with Gasteiger partial charge in [0.05, 0.1) is 25.8 Å². The summed E-state index contributed by atoms with van der Waals surface area (Å²) in [5.41, 5.74) is 0.858. The van der Waals surface area contributed by atoms with Crippen molar-refractivity contribution in [1.82, 2.24) is 15.5 Å². The minimum atomic E-state index is -0.378. The maximum Gasteiger partial charge on any atom is 0.247 e. The molecule has 1 aromatic heterocycles. The molecule has 0 aliphatic heterocycles. The second-order valence-electron chi connectivity index (χ2n) is 3.81. The summed E-state index contributed by atoms with van der Waals surface area (Å²) in [5, 5.41) is 28.5. The smallest absolute Gasteiger partial charge is 0.247 e. The van der Waals surface area contributed by atoms with Crippen molar-refractivity contribution in [3.8, 4) is 11.5 Å². The molecule has 0 bridgehead atoms. The van der Waals surface area contributed by atoms with E-state index in [-0.39, 0.29) is 19.3 Å². The monoisotopic (exact) mass is 249 g/mol. The van der Waals surface area contributed by atoms with Crippen molar-refractivity contribution in [2.75, 3.05) is 13.2 Å². The van der Waals surface area contributed by atoms with E-state index in [1.54, 1.807) is 0 Å². The van der Waals surface area contributed by atoms with Crippen LogP contribution in [0.15, 0.2) is 34.7 Å². The van der Waals surface area contributed by atoms with Gasteiger partial charge in [-0.1, -0.05) is 18.2 Å². The van der Waals surface area contributed by atoms with E-state index in [1.807, 2.05) is 30.3 Å². The Labute approximate surface area is 104 Å². The van der Waals surface area contributed by atoms with E-state index in [0.717, 1.165) is 5.56 Å². The van der Waals surface area contributed by atoms with Gasteiger partial charge in [0.1, 0.15) is 0 Å². The van der Waals surface area contributed by atoms with Gasteiger partial charge in [0.15, 0.2) is 0 Å². The quantitative estimate of drug-likeness (QED) is 0.676. The Morgan fingerprint density at radius 1 is 1.11 bits per heavy atom. The number of aliphatic hydroxyl groups excluding tert-OH is 2. The molecule has 6 nitrogen and oxygen atoms in total. The van der Waals surface area contributed by atoms with E-state index in [9.17, 15) is 0 Å². The third-order valence-electron chi connectivity index (χ3n) is 2.47. The molecule has 0 saturated carbocycles. The molecule has 0 saturated heterocycles. The van der Waals surface area contributed by atoms with Crippen LogP contribution in [0.1, 0.15) is 5.89 Å². The molecular formula is C12H15N3O3. The summed E-state index contributed by atoms with van der Waals surface area (Å²) in [6.45, 7) is 0.0258. The lowest BCUT2D eigenvalue weighted by Gasteiger charge is -2.10. The largest absolute Gasteiger partial charge is 0.419 e. The summed E-state index contributed by atoms with van der Waals surface area (Å²) in [7, 11) is 0. The van der Waals surface area contributed by atoms with Gasteiger partial charge < -0.3 is 19.9 Å². The molecule has 0 atom stereocenters. The number of benzene rings is 1. The Hall–Kier alpha value is -1.76. The number of nitrogens with one attached hydrogen (secondary N) is 1. The maximum atomic E-state index is 8.90. The molecule has 2 rings (SSSR count). The highest BCUT2D eigenvalue weighted by Gasteiger charge is 2.10. The zero-order valence-electron chi connectivity index (χ0n) is 9.78. The van der Waals surface area contributed by atoms with Gasteiger partial charge in [-0.2, -0.15) is 0 Å². The number of rotatable bonds is 6. The van der Waals surface area contributed by atoms with Crippen LogP contribution in [0.25, 0.3) is 11.5 Å². The zero-order valence-corrected chi connectivity index (χ0v) is 9.78. The fourth-order valence-corrected chi connectivity index (χ4v) is 1.44. The van der Waals surface area contributed by atoms with Crippen LogP contribution in [0.4, 0.5) is 0 Å². The molecule has 0 fully saturated rings. The minimum Gasteiger partial charge on any atom is -0.419 e. The molecule has 0 aliphatic rings. The van der Waals surface area contributed by atoms with Crippen molar-refractivity contribution < 1.29 is 14.6 Å². The maximum absolute atomic E-state index is 8.90. The summed E-state index contributed by atoms with van der Waals surface area (Å²) in [6, 6.07) is 9.09. The standard InChI is InChI=1S/C12H15N3O3/c16-7-10(8-17)13-6-11-14-15-12(18-11)9-4-2-1-3-5-9/h1-5,10,13,16-17H,6-8H2. The summed E-state index contributed by atoms with van der Waals surface area (Å²) in [4.78, 5) is 0. The summed E-state index contributed by atoms with van der Waals surface area (Å²) in [6.07, 6.45) is 0. The molecular weight excluding hydrogens is 234 g/mol. The van der Waals surface area contributed by atoms with Gasteiger partial charge >= 0.3 is 0 Å². The Morgan fingerprint density at radius 3 is 2.50 bits per heavy atom. The second kappa shape index (κ2) is 6.25. The average molecular weight is 249 g/mol. The van der Waals surface area contributed by atoms with Gasteiger partial charge in [-0.15, -0.1) is 10.2 Å². The second-order valence-corrected chi connectivity index (χ2v) is 3.81. The topological polar surface area (TPSA) is 91.4 Å². The van der Waals surface area contributed by atoms with Gasteiger partial charge in [0.2, 0.25) is 11.8 Å². The summed E-state index contributed by atoms with van der Waals surface area (Å²) >= 11 is 0. The van der Waals surface area contributed by atoms with Crippen LogP contribution >= 0.6 is 0 Å². The highest BCUT2D eigenvalue weighted by Crippen LogP contribution is 2.16. The molecule has 0 radical (unpaired) electrons. The molecule has 1 aromatic carbocycles. The zero-order chi connectivity index (χ0) is 12.8.